The normalized spacial score (nSPS) is 33.5. The third-order valence-corrected chi connectivity index (χ3v) is 6.07. The number of nitrogens with zero attached hydrogens (tertiary/aromatic N) is 3. The van der Waals surface area contributed by atoms with Gasteiger partial charge in [0.25, 0.3) is 0 Å². The van der Waals surface area contributed by atoms with Crippen LogP contribution in [0.15, 0.2) is 0 Å². The lowest BCUT2D eigenvalue weighted by Gasteiger charge is -2.34. The van der Waals surface area contributed by atoms with E-state index in [0.29, 0.717) is 24.5 Å². The summed E-state index contributed by atoms with van der Waals surface area (Å²) >= 11 is 0. The average Bonchev–Trinajstić information content (AvgIpc) is 3.16. The highest BCUT2D eigenvalue weighted by molar-refractivity contribution is 5.78. The van der Waals surface area contributed by atoms with Crippen molar-refractivity contribution in [3.8, 4) is 0 Å². The fourth-order valence-electron chi connectivity index (χ4n) is 4.46. The highest BCUT2D eigenvalue weighted by atomic mass is 16.2. The van der Waals surface area contributed by atoms with E-state index in [4.69, 9.17) is 0 Å². The Balaban J connectivity index is 1.34. The van der Waals surface area contributed by atoms with Crippen molar-refractivity contribution in [2.24, 2.45) is 5.92 Å². The molecule has 1 aliphatic carbocycles. The van der Waals surface area contributed by atoms with Crippen molar-refractivity contribution in [2.45, 2.75) is 51.1 Å². The number of rotatable bonds is 5. The summed E-state index contributed by atoms with van der Waals surface area (Å²) in [5, 5.41) is 3.54. The lowest BCUT2D eigenvalue weighted by atomic mass is 10.1. The first-order chi connectivity index (χ1) is 11.1. The first kappa shape index (κ1) is 17.2. The second kappa shape index (κ2) is 7.95. The minimum atomic E-state index is 0.303. The molecule has 2 unspecified atom stereocenters. The molecule has 0 bridgehead atoms. The molecule has 0 aromatic heterocycles. The summed E-state index contributed by atoms with van der Waals surface area (Å²) in [4.78, 5) is 19.4. The zero-order chi connectivity index (χ0) is 16.2. The molecule has 132 valence electrons. The molecule has 3 atom stereocenters. The molecule has 2 saturated heterocycles. The lowest BCUT2D eigenvalue weighted by Crippen LogP contribution is -2.46. The molecule has 0 spiro atoms. The second-order valence-corrected chi connectivity index (χ2v) is 7.94. The molecule has 3 aliphatic rings. The molecule has 0 radical (unpaired) electrons. The highest BCUT2D eigenvalue weighted by Gasteiger charge is 2.29. The van der Waals surface area contributed by atoms with Gasteiger partial charge in [-0.25, -0.2) is 0 Å². The molecule has 2 heterocycles. The van der Waals surface area contributed by atoms with E-state index in [0.717, 1.165) is 12.5 Å². The molecule has 23 heavy (non-hydrogen) atoms. The standard InChI is InChI=1S/C18H34N4O/c1-15-4-3-7-22(15)18(23)13-19-17-6-5-16(12-17)14-21-10-8-20(2)9-11-21/h15-17,19H,3-14H2,1-2H3/t15-,16?,17?/m1/s1. The largest absolute Gasteiger partial charge is 0.339 e. The van der Waals surface area contributed by atoms with Crippen LogP contribution < -0.4 is 5.32 Å². The minimum Gasteiger partial charge on any atom is -0.339 e. The first-order valence-corrected chi connectivity index (χ1v) is 9.55. The Hall–Kier alpha value is -0.650. The van der Waals surface area contributed by atoms with Crippen LogP contribution in [0, 0.1) is 5.92 Å². The fourth-order valence-corrected chi connectivity index (χ4v) is 4.46. The van der Waals surface area contributed by atoms with E-state index in [1.807, 2.05) is 0 Å². The Morgan fingerprint density at radius 1 is 1.09 bits per heavy atom. The Labute approximate surface area is 141 Å². The van der Waals surface area contributed by atoms with E-state index in [1.54, 1.807) is 0 Å². The molecule has 1 N–H and O–H groups in total. The van der Waals surface area contributed by atoms with Crippen molar-refractivity contribution in [3.05, 3.63) is 0 Å². The minimum absolute atomic E-state index is 0.303. The summed E-state index contributed by atoms with van der Waals surface area (Å²) in [6.45, 7) is 9.77. The number of carbonyl (C=O) groups excluding carboxylic acids is 1. The molecule has 2 aliphatic heterocycles. The van der Waals surface area contributed by atoms with E-state index >= 15 is 0 Å². The number of hydrogen-bond acceptors (Lipinski definition) is 4. The average molecular weight is 322 g/mol. The van der Waals surface area contributed by atoms with Crippen molar-refractivity contribution in [3.63, 3.8) is 0 Å². The number of carbonyl (C=O) groups is 1. The molecule has 0 aromatic rings. The summed E-state index contributed by atoms with van der Waals surface area (Å²) in [6.07, 6.45) is 6.14. The van der Waals surface area contributed by atoms with Gasteiger partial charge in [0.1, 0.15) is 0 Å². The predicted molar refractivity (Wildman–Crippen MR) is 93.5 cm³/mol. The van der Waals surface area contributed by atoms with Crippen LogP contribution >= 0.6 is 0 Å². The topological polar surface area (TPSA) is 38.8 Å². The molecule has 1 amide bonds. The second-order valence-electron chi connectivity index (χ2n) is 7.94. The summed E-state index contributed by atoms with van der Waals surface area (Å²) in [5.74, 6) is 1.12. The van der Waals surface area contributed by atoms with E-state index in [2.05, 4.69) is 34.0 Å². The summed E-state index contributed by atoms with van der Waals surface area (Å²) in [7, 11) is 2.21. The SMILES string of the molecule is C[C@@H]1CCCN1C(=O)CNC1CCC(CN2CCN(C)CC2)C1. The molecular formula is C18H34N4O. The first-order valence-electron chi connectivity index (χ1n) is 9.55. The maximum absolute atomic E-state index is 12.3. The smallest absolute Gasteiger partial charge is 0.236 e. The number of nitrogens with one attached hydrogen (secondary N) is 1. The Kier molecular flexibility index (Phi) is 5.94. The van der Waals surface area contributed by atoms with Crippen LogP contribution in [0.3, 0.4) is 0 Å². The van der Waals surface area contributed by atoms with Gasteiger partial charge < -0.3 is 20.0 Å². The van der Waals surface area contributed by atoms with Crippen LogP contribution in [-0.4, -0.2) is 85.6 Å². The number of piperazine rings is 1. The molecule has 3 rings (SSSR count). The maximum atomic E-state index is 12.3. The molecular weight excluding hydrogens is 288 g/mol. The van der Waals surface area contributed by atoms with E-state index in [1.165, 1.54) is 64.8 Å². The molecule has 5 nitrogen and oxygen atoms in total. The fraction of sp³-hybridized carbons (Fsp3) is 0.944. The molecule has 0 aromatic carbocycles. The van der Waals surface area contributed by atoms with Gasteiger partial charge in [0.15, 0.2) is 0 Å². The third kappa shape index (κ3) is 4.68. The Bertz CT molecular complexity index is 394. The molecule has 3 fully saturated rings. The summed E-state index contributed by atoms with van der Waals surface area (Å²) in [6, 6.07) is 0.993. The summed E-state index contributed by atoms with van der Waals surface area (Å²) in [5.41, 5.74) is 0. The predicted octanol–water partition coefficient (Wildman–Crippen LogP) is 1.00. The van der Waals surface area contributed by atoms with Gasteiger partial charge in [0, 0.05) is 51.4 Å². The van der Waals surface area contributed by atoms with Gasteiger partial charge >= 0.3 is 0 Å². The lowest BCUT2D eigenvalue weighted by molar-refractivity contribution is -0.130. The quantitative estimate of drug-likeness (QED) is 0.820. The van der Waals surface area contributed by atoms with Crippen molar-refractivity contribution in [2.75, 3.05) is 52.9 Å². The van der Waals surface area contributed by atoms with Gasteiger partial charge in [-0.1, -0.05) is 0 Å². The number of likely N-dealkylation sites (N-methyl/N-ethyl adjacent to an activating group) is 1. The number of amides is 1. The monoisotopic (exact) mass is 322 g/mol. The van der Waals surface area contributed by atoms with Gasteiger partial charge in [-0.3, -0.25) is 4.79 Å². The Morgan fingerprint density at radius 3 is 2.57 bits per heavy atom. The van der Waals surface area contributed by atoms with E-state index < -0.39 is 0 Å². The van der Waals surface area contributed by atoms with Crippen LogP contribution in [0.2, 0.25) is 0 Å². The van der Waals surface area contributed by atoms with Crippen LogP contribution in [0.1, 0.15) is 39.0 Å². The highest BCUT2D eigenvalue weighted by Crippen LogP contribution is 2.26. The summed E-state index contributed by atoms with van der Waals surface area (Å²) < 4.78 is 0. The van der Waals surface area contributed by atoms with Crippen molar-refractivity contribution < 1.29 is 4.79 Å². The van der Waals surface area contributed by atoms with Gasteiger partial charge in [0.2, 0.25) is 5.91 Å². The van der Waals surface area contributed by atoms with Crippen LogP contribution in [0.4, 0.5) is 0 Å². The Morgan fingerprint density at radius 2 is 1.87 bits per heavy atom. The number of hydrogen-bond donors (Lipinski definition) is 1. The molecule has 1 saturated carbocycles. The van der Waals surface area contributed by atoms with Gasteiger partial charge in [0.05, 0.1) is 6.54 Å². The van der Waals surface area contributed by atoms with Gasteiger partial charge in [-0.15, -0.1) is 0 Å². The van der Waals surface area contributed by atoms with E-state index in [-0.39, 0.29) is 0 Å². The van der Waals surface area contributed by atoms with Gasteiger partial charge in [-0.05, 0) is 52.0 Å². The van der Waals surface area contributed by atoms with Crippen LogP contribution in [0.5, 0.6) is 0 Å². The van der Waals surface area contributed by atoms with Crippen LogP contribution in [0.25, 0.3) is 0 Å². The zero-order valence-corrected chi connectivity index (χ0v) is 15.0. The van der Waals surface area contributed by atoms with Crippen molar-refractivity contribution in [1.29, 1.82) is 0 Å². The third-order valence-electron chi connectivity index (χ3n) is 6.07. The van der Waals surface area contributed by atoms with Crippen molar-refractivity contribution >= 4 is 5.91 Å². The molecule has 5 heteroatoms. The van der Waals surface area contributed by atoms with Crippen LogP contribution in [-0.2, 0) is 4.79 Å². The van der Waals surface area contributed by atoms with E-state index in [9.17, 15) is 4.79 Å². The van der Waals surface area contributed by atoms with Crippen molar-refractivity contribution in [1.82, 2.24) is 20.0 Å². The zero-order valence-electron chi connectivity index (χ0n) is 15.0. The van der Waals surface area contributed by atoms with Gasteiger partial charge in [-0.2, -0.15) is 0 Å². The number of likely N-dealkylation sites (tertiary alicyclic amines) is 1. The maximum Gasteiger partial charge on any atom is 0.236 e.